The molecule has 1 amide bonds. The third kappa shape index (κ3) is 2.58. The highest BCUT2D eigenvalue weighted by atomic mass is 79.9. The monoisotopic (exact) mass is 364 g/mol. The molecule has 3 rings (SSSR count). The van der Waals surface area contributed by atoms with Crippen molar-refractivity contribution < 1.29 is 4.79 Å². The summed E-state index contributed by atoms with van der Waals surface area (Å²) in [5.41, 5.74) is 1.57. The van der Waals surface area contributed by atoms with Gasteiger partial charge in [0, 0.05) is 24.3 Å². The molecule has 0 saturated carbocycles. The number of aromatic nitrogens is 3. The maximum atomic E-state index is 12.3. The normalized spacial score (nSPS) is 12.2. The summed E-state index contributed by atoms with van der Waals surface area (Å²) in [7, 11) is 1.73. The molecule has 2 heterocycles. The molecule has 0 radical (unpaired) electrons. The van der Waals surface area contributed by atoms with E-state index in [9.17, 15) is 4.79 Å². The molecular weight excluding hydrogens is 352 g/mol. The van der Waals surface area contributed by atoms with Crippen LogP contribution in [0.2, 0.25) is 0 Å². The predicted molar refractivity (Wildman–Crippen MR) is 86.3 cm³/mol. The van der Waals surface area contributed by atoms with Gasteiger partial charge in [0.1, 0.15) is 5.69 Å². The topological polar surface area (TPSA) is 52.2 Å². The fourth-order valence-corrected chi connectivity index (χ4v) is 3.81. The van der Waals surface area contributed by atoms with Crippen molar-refractivity contribution in [2.75, 3.05) is 0 Å². The number of hydrogen-bond donors (Lipinski definition) is 0. The van der Waals surface area contributed by atoms with Crippen LogP contribution in [-0.4, -0.2) is 20.3 Å². The Bertz CT molecular complexity index is 890. The molecule has 3 aromatic rings. The van der Waals surface area contributed by atoms with E-state index in [2.05, 4.69) is 26.0 Å². The average Bonchev–Trinajstić information content (AvgIpc) is 3.01. The van der Waals surface area contributed by atoms with Gasteiger partial charge in [0.05, 0.1) is 10.2 Å². The van der Waals surface area contributed by atoms with Crippen molar-refractivity contribution in [1.82, 2.24) is 14.3 Å². The highest BCUT2D eigenvalue weighted by Crippen LogP contribution is 2.22. The van der Waals surface area contributed by atoms with Gasteiger partial charge in [-0.2, -0.15) is 10.1 Å². The summed E-state index contributed by atoms with van der Waals surface area (Å²) in [6, 6.07) is 7.74. The number of carbonyl (C=O) groups excluding carboxylic acids is 1. The molecule has 0 unspecified atom stereocenters. The van der Waals surface area contributed by atoms with Crippen LogP contribution in [0.3, 0.4) is 0 Å². The quantitative estimate of drug-likeness (QED) is 0.701. The summed E-state index contributed by atoms with van der Waals surface area (Å²) in [5.74, 6) is -0.275. The summed E-state index contributed by atoms with van der Waals surface area (Å²) >= 11 is 4.98. The molecule has 1 aromatic carbocycles. The van der Waals surface area contributed by atoms with Crippen LogP contribution >= 0.6 is 27.3 Å². The number of carbonyl (C=O) groups is 1. The predicted octanol–water partition coefficient (Wildman–Crippen LogP) is 2.96. The minimum Gasteiger partial charge on any atom is -0.317 e. The van der Waals surface area contributed by atoms with Crippen molar-refractivity contribution in [3.63, 3.8) is 0 Å². The van der Waals surface area contributed by atoms with Crippen LogP contribution in [-0.2, 0) is 13.6 Å². The number of fused-ring (bicyclic) bond motifs is 1. The van der Waals surface area contributed by atoms with Crippen molar-refractivity contribution in [3.05, 3.63) is 45.4 Å². The summed E-state index contributed by atoms with van der Waals surface area (Å²) in [5, 5.41) is 4.00. The molecule has 0 atom stereocenters. The number of thiazole rings is 1. The highest BCUT2D eigenvalue weighted by Gasteiger charge is 2.11. The van der Waals surface area contributed by atoms with E-state index in [-0.39, 0.29) is 5.91 Å². The van der Waals surface area contributed by atoms with Crippen LogP contribution in [0.4, 0.5) is 0 Å². The van der Waals surface area contributed by atoms with Crippen molar-refractivity contribution in [2.24, 2.45) is 12.0 Å². The number of halogens is 1. The first-order valence-corrected chi connectivity index (χ1v) is 8.07. The molecule has 108 valence electrons. The second kappa shape index (κ2) is 5.57. The SMILES string of the molecule is CCn1c(=NC(=O)c2ccnn2C)sc2cc(Br)ccc21. The number of benzene rings is 1. The van der Waals surface area contributed by atoms with E-state index >= 15 is 0 Å². The Morgan fingerprint density at radius 2 is 2.24 bits per heavy atom. The second-order valence-corrected chi connectivity index (χ2v) is 6.42. The first-order valence-electron chi connectivity index (χ1n) is 6.46. The van der Waals surface area contributed by atoms with Gasteiger partial charge >= 0.3 is 0 Å². The molecule has 0 N–H and O–H groups in total. The summed E-state index contributed by atoms with van der Waals surface area (Å²) in [6.07, 6.45) is 1.60. The standard InChI is InChI=1S/C14H13BrN4OS/c1-3-19-10-5-4-9(15)8-12(10)21-14(19)17-13(20)11-6-7-16-18(11)2/h4-8H,3H2,1-2H3. The zero-order valence-electron chi connectivity index (χ0n) is 11.6. The summed E-state index contributed by atoms with van der Waals surface area (Å²) in [6.45, 7) is 2.81. The van der Waals surface area contributed by atoms with Gasteiger partial charge < -0.3 is 4.57 Å². The van der Waals surface area contributed by atoms with E-state index in [4.69, 9.17) is 0 Å². The lowest BCUT2D eigenvalue weighted by molar-refractivity contribution is 0.0989. The van der Waals surface area contributed by atoms with Crippen molar-refractivity contribution in [2.45, 2.75) is 13.5 Å². The molecule has 0 aliphatic rings. The Balaban J connectivity index is 2.18. The van der Waals surface area contributed by atoms with Gasteiger partial charge in [0.25, 0.3) is 5.91 Å². The number of nitrogens with zero attached hydrogens (tertiary/aromatic N) is 4. The van der Waals surface area contributed by atoms with E-state index < -0.39 is 0 Å². The Hall–Kier alpha value is -1.73. The van der Waals surface area contributed by atoms with Crippen molar-refractivity contribution in [1.29, 1.82) is 0 Å². The van der Waals surface area contributed by atoms with E-state index in [0.29, 0.717) is 10.5 Å². The van der Waals surface area contributed by atoms with Gasteiger partial charge in [0.2, 0.25) is 0 Å². The largest absolute Gasteiger partial charge is 0.317 e. The van der Waals surface area contributed by atoms with Gasteiger partial charge in [-0.3, -0.25) is 9.48 Å². The van der Waals surface area contributed by atoms with E-state index in [1.807, 2.05) is 29.7 Å². The van der Waals surface area contributed by atoms with E-state index in [0.717, 1.165) is 21.2 Å². The van der Waals surface area contributed by atoms with Crippen LogP contribution in [0, 0.1) is 0 Å². The zero-order valence-corrected chi connectivity index (χ0v) is 14.0. The zero-order chi connectivity index (χ0) is 15.0. The second-order valence-electron chi connectivity index (χ2n) is 4.50. The fraction of sp³-hybridized carbons (Fsp3) is 0.214. The lowest BCUT2D eigenvalue weighted by atomic mass is 10.3. The molecule has 0 aliphatic carbocycles. The first kappa shape index (κ1) is 14.2. The lowest BCUT2D eigenvalue weighted by Gasteiger charge is -2.00. The van der Waals surface area contributed by atoms with Crippen LogP contribution < -0.4 is 4.80 Å². The van der Waals surface area contributed by atoms with Gasteiger partial charge in [0.15, 0.2) is 4.80 Å². The number of hydrogen-bond acceptors (Lipinski definition) is 3. The maximum absolute atomic E-state index is 12.3. The first-order chi connectivity index (χ1) is 10.1. The molecular formula is C14H13BrN4OS. The average molecular weight is 365 g/mol. The van der Waals surface area contributed by atoms with Crippen LogP contribution in [0.5, 0.6) is 0 Å². The van der Waals surface area contributed by atoms with Gasteiger partial charge in [-0.1, -0.05) is 27.3 Å². The van der Waals surface area contributed by atoms with Crippen LogP contribution in [0.15, 0.2) is 39.9 Å². The number of amides is 1. The Labute approximate surface area is 133 Å². The van der Waals surface area contributed by atoms with E-state index in [1.165, 1.54) is 16.0 Å². The Kier molecular flexibility index (Phi) is 3.77. The Morgan fingerprint density at radius 1 is 1.43 bits per heavy atom. The minimum absolute atomic E-state index is 0.275. The number of rotatable bonds is 2. The maximum Gasteiger partial charge on any atom is 0.297 e. The molecule has 5 nitrogen and oxygen atoms in total. The smallest absolute Gasteiger partial charge is 0.297 e. The lowest BCUT2D eigenvalue weighted by Crippen LogP contribution is -2.17. The van der Waals surface area contributed by atoms with Gasteiger partial charge in [-0.05, 0) is 31.2 Å². The molecule has 0 saturated heterocycles. The molecule has 0 bridgehead atoms. The molecule has 0 fully saturated rings. The third-order valence-corrected chi connectivity index (χ3v) is 4.73. The van der Waals surface area contributed by atoms with Gasteiger partial charge in [-0.15, -0.1) is 0 Å². The molecule has 0 spiro atoms. The van der Waals surface area contributed by atoms with Crippen molar-refractivity contribution >= 4 is 43.4 Å². The van der Waals surface area contributed by atoms with Crippen molar-refractivity contribution in [3.8, 4) is 0 Å². The summed E-state index contributed by atoms with van der Waals surface area (Å²) < 4.78 is 5.69. The van der Waals surface area contributed by atoms with Gasteiger partial charge in [-0.25, -0.2) is 0 Å². The van der Waals surface area contributed by atoms with Crippen LogP contribution in [0.25, 0.3) is 10.2 Å². The van der Waals surface area contributed by atoms with Crippen LogP contribution in [0.1, 0.15) is 17.4 Å². The Morgan fingerprint density at radius 3 is 2.90 bits per heavy atom. The van der Waals surface area contributed by atoms with E-state index in [1.54, 1.807) is 19.3 Å². The summed E-state index contributed by atoms with van der Waals surface area (Å²) in [4.78, 5) is 17.2. The third-order valence-electron chi connectivity index (χ3n) is 3.20. The highest BCUT2D eigenvalue weighted by molar-refractivity contribution is 9.10. The minimum atomic E-state index is -0.275. The molecule has 7 heteroatoms. The molecule has 21 heavy (non-hydrogen) atoms. The fourth-order valence-electron chi connectivity index (χ4n) is 2.17. The number of aryl methyl sites for hydroxylation is 2. The molecule has 2 aromatic heterocycles. The molecule has 0 aliphatic heterocycles.